The van der Waals surface area contributed by atoms with Crippen LogP contribution in [0.3, 0.4) is 0 Å². The summed E-state index contributed by atoms with van der Waals surface area (Å²) in [6, 6.07) is 45.3. The van der Waals surface area contributed by atoms with Gasteiger partial charge in [-0.1, -0.05) is 135 Å². The highest BCUT2D eigenvalue weighted by molar-refractivity contribution is 6.98. The third-order valence-electron chi connectivity index (χ3n) is 17.8. The molecule has 96 heavy (non-hydrogen) atoms. The Morgan fingerprint density at radius 1 is 0.688 bits per heavy atom. The largest absolute Gasteiger partial charge is 0.542 e. The van der Waals surface area contributed by atoms with Crippen LogP contribution in [0.1, 0.15) is 72.9 Å². The summed E-state index contributed by atoms with van der Waals surface area (Å²) in [6.07, 6.45) is 6.10. The molecule has 16 nitrogen and oxygen atoms in total. The molecule has 5 N–H and O–H groups in total. The maximum Gasteiger partial charge on any atom is 0.488 e. The topological polar surface area (TPSA) is 211 Å². The van der Waals surface area contributed by atoms with E-state index >= 15 is 0 Å². The summed E-state index contributed by atoms with van der Waals surface area (Å²) in [7, 11) is 2.94. The zero-order chi connectivity index (χ0) is 69.3. The molecule has 1 aromatic heterocycles. The van der Waals surface area contributed by atoms with Crippen molar-refractivity contribution >= 4 is 94.6 Å². The van der Waals surface area contributed by atoms with Gasteiger partial charge in [-0.25, -0.2) is 9.26 Å². The molecule has 8 aromatic rings. The Hall–Kier alpha value is -9.12. The molecule has 22 heteroatoms. The predicted octanol–water partition coefficient (Wildman–Crippen LogP) is 7.85. The van der Waals surface area contributed by atoms with Crippen LogP contribution in [0.5, 0.6) is 0 Å². The first-order valence-corrected chi connectivity index (χ1v) is 34.9. The minimum absolute atomic E-state index is 0.0417. The number of carboxylic acids is 1. The Kier molecular flexibility index (Phi) is 22.8. The van der Waals surface area contributed by atoms with Gasteiger partial charge in [-0.15, -0.1) is 5.10 Å². The number of hydrogen-bond donors (Lipinski definition) is 5. The molecule has 0 saturated heterocycles. The number of benzene rings is 7. The molecular weight excluding hydrogens is 1240 g/mol. The molecule has 0 fully saturated rings. The fourth-order valence-electron chi connectivity index (χ4n) is 12.6. The van der Waals surface area contributed by atoms with Gasteiger partial charge in [0, 0.05) is 88.8 Å². The third kappa shape index (κ3) is 16.6. The number of halogens is 3. The molecule has 0 radical (unpaired) electrons. The number of nitrogens with one attached hydrogen (secondary N) is 1. The van der Waals surface area contributed by atoms with Gasteiger partial charge in [0.2, 0.25) is 5.91 Å². The van der Waals surface area contributed by atoms with Gasteiger partial charge in [0.25, 0.3) is 0 Å². The summed E-state index contributed by atoms with van der Waals surface area (Å²) < 4.78 is 35.6. The van der Waals surface area contributed by atoms with E-state index in [1.165, 1.54) is 38.5 Å². The van der Waals surface area contributed by atoms with Crippen LogP contribution in [0.25, 0.3) is 44.1 Å². The third-order valence-corrected chi connectivity index (χ3v) is 21.3. The number of aromatic nitrogens is 3. The maximum atomic E-state index is 12.8. The Balaban J connectivity index is 0.00000146. The number of anilines is 1. The van der Waals surface area contributed by atoms with Gasteiger partial charge in [0.05, 0.1) is 11.9 Å². The molecule has 496 valence electrons. The summed E-state index contributed by atoms with van der Waals surface area (Å²) in [5.74, 6) is -3.17. The number of rotatable bonds is 25. The lowest BCUT2D eigenvalue weighted by molar-refractivity contribution is -0.462. The van der Waals surface area contributed by atoms with Crippen molar-refractivity contribution in [2.75, 3.05) is 52.7 Å². The Morgan fingerprint density at radius 2 is 1.24 bits per heavy atom. The number of fused-ring (bicyclic) bond motifs is 4. The molecule has 0 atom stereocenters. The van der Waals surface area contributed by atoms with Crippen LogP contribution >= 0.6 is 0 Å². The first-order chi connectivity index (χ1) is 45.6. The van der Waals surface area contributed by atoms with Crippen LogP contribution in [0.2, 0.25) is 13.1 Å². The molecule has 2 heterocycles. The fourth-order valence-corrected chi connectivity index (χ4v) is 15.6. The number of carbonyl (C=O) groups is 3. The molecule has 1 aliphatic carbocycles. The number of Topliss-reactive ketones (excluding diaryl/α,β-unsaturated/α-hetero) is 1. The summed E-state index contributed by atoms with van der Waals surface area (Å²) in [5.41, 5.74) is 15.2. The van der Waals surface area contributed by atoms with E-state index in [2.05, 4.69) is 182 Å². The van der Waals surface area contributed by atoms with E-state index in [1.807, 2.05) is 41.2 Å². The van der Waals surface area contributed by atoms with Crippen molar-refractivity contribution in [3.8, 4) is 16.9 Å². The van der Waals surface area contributed by atoms with Gasteiger partial charge in [-0.2, -0.15) is 13.2 Å². The van der Waals surface area contributed by atoms with Crippen LogP contribution in [0.4, 0.5) is 18.9 Å². The normalized spacial score (nSPS) is 13.3. The number of aliphatic carboxylic acids is 1. The van der Waals surface area contributed by atoms with Gasteiger partial charge in [0.15, 0.2) is 11.5 Å². The Bertz CT molecular complexity index is 4400. The second-order valence-electron chi connectivity index (χ2n) is 25.5. The number of allylic oxidation sites excluding steroid dienone is 6. The molecule has 10 rings (SSSR count). The smallest absolute Gasteiger partial charge is 0.488 e. The zero-order valence-electron chi connectivity index (χ0n) is 55.5. The van der Waals surface area contributed by atoms with Crippen LogP contribution in [0, 0.1) is 0 Å². The van der Waals surface area contributed by atoms with Crippen molar-refractivity contribution in [1.82, 2.24) is 30.1 Å². The van der Waals surface area contributed by atoms with E-state index < -0.39 is 34.5 Å². The minimum Gasteiger partial charge on any atom is -0.542 e. The predicted molar refractivity (Wildman–Crippen MR) is 378 cm³/mol. The molecule has 1 amide bonds. The van der Waals surface area contributed by atoms with E-state index in [0.717, 1.165) is 60.6 Å². The van der Waals surface area contributed by atoms with Gasteiger partial charge >= 0.3 is 20.4 Å². The molecule has 1 aliphatic heterocycles. The van der Waals surface area contributed by atoms with Crippen LogP contribution in [-0.4, -0.2) is 149 Å². The minimum atomic E-state index is -5.19. The number of hydrogen-bond acceptors (Lipinski definition) is 13. The highest BCUT2D eigenvalue weighted by Gasteiger charge is 2.41. The van der Waals surface area contributed by atoms with E-state index in [4.69, 9.17) is 20.2 Å². The highest BCUT2D eigenvalue weighted by atomic mass is 28.3. The van der Waals surface area contributed by atoms with E-state index in [0.29, 0.717) is 99.3 Å². The second-order valence-corrected chi connectivity index (χ2v) is 29.8. The van der Waals surface area contributed by atoms with Crippen LogP contribution < -0.4 is 31.4 Å². The lowest BCUT2D eigenvalue weighted by Crippen LogP contribution is -2.49. The lowest BCUT2D eigenvalue weighted by atomic mass is 9.77. The van der Waals surface area contributed by atoms with E-state index in [1.54, 1.807) is 32.0 Å². The molecule has 7 aromatic carbocycles. The molecule has 0 bridgehead atoms. The van der Waals surface area contributed by atoms with Gasteiger partial charge in [0.1, 0.15) is 33.8 Å². The number of carboxylic acid groups (broad SMARTS) is 1. The van der Waals surface area contributed by atoms with E-state index in [-0.39, 0.29) is 11.7 Å². The molecule has 0 saturated carbocycles. The summed E-state index contributed by atoms with van der Waals surface area (Å²) in [6.45, 7) is 19.4. The summed E-state index contributed by atoms with van der Waals surface area (Å²) in [4.78, 5) is 41.0. The monoisotopic (exact) mass is 1320 g/mol. The molecule has 0 spiro atoms. The summed E-state index contributed by atoms with van der Waals surface area (Å²) in [5, 5.41) is 70.6. The number of ketones is 1. The first kappa shape index (κ1) is 71.2. The van der Waals surface area contributed by atoms with Crippen molar-refractivity contribution in [1.29, 1.82) is 0 Å². The van der Waals surface area contributed by atoms with Gasteiger partial charge in [-0.3, -0.25) is 19.4 Å². The number of carbonyl (C=O) groups excluding carboxylic acids is 3. The zero-order valence-corrected chi connectivity index (χ0v) is 56.5. The van der Waals surface area contributed by atoms with Crippen molar-refractivity contribution in [2.45, 2.75) is 85.0 Å². The SMILES string of the molecule is C=C(C)C(=O)CCCCN(Cc1ccccc1B(O)O)Cc1c2ccccc2c(CN(CCCNC(=O)C(=C)C)Cc2ccccc2B(O)O)c2ccc(-c3cn(-c4ccc(C5=C6C=CC(=[N+](C)C)C=C6[Si](C)(C)c6cc(N(C)C)ccc65)cc4)nn3)cc12.O=C([O-])C(F)(F)F. The average Bonchev–Trinajstić information content (AvgIpc) is 0.748. The highest BCUT2D eigenvalue weighted by Crippen LogP contribution is 2.43. The van der Waals surface area contributed by atoms with Crippen molar-refractivity contribution < 1.29 is 57.3 Å². The van der Waals surface area contributed by atoms with Gasteiger partial charge in [-0.05, 0) is 169 Å². The maximum absolute atomic E-state index is 12.8. The van der Waals surface area contributed by atoms with Crippen molar-refractivity contribution in [3.63, 3.8) is 0 Å². The van der Waals surface area contributed by atoms with Crippen molar-refractivity contribution in [2.24, 2.45) is 0 Å². The van der Waals surface area contributed by atoms with Crippen molar-refractivity contribution in [3.05, 3.63) is 226 Å². The molecule has 0 unspecified atom stereocenters. The quantitative estimate of drug-likeness (QED) is 0.0122. The fraction of sp³-hybridized carbons (Fsp3) is 0.270. The van der Waals surface area contributed by atoms with E-state index in [9.17, 15) is 42.9 Å². The number of amides is 1. The number of nitrogens with zero attached hydrogens (tertiary/aromatic N) is 7. The Labute approximate surface area is 560 Å². The first-order valence-electron chi connectivity index (χ1n) is 31.9. The number of unbranched alkanes of at least 4 members (excludes halogenated alkanes) is 1. The Morgan fingerprint density at radius 3 is 1.79 bits per heavy atom. The average molecular weight is 1320 g/mol. The molecule has 2 aliphatic rings. The lowest BCUT2D eigenvalue weighted by Gasteiger charge is -2.38. The van der Waals surface area contributed by atoms with Gasteiger partial charge < -0.3 is 40.2 Å². The second kappa shape index (κ2) is 30.7. The standard InChI is InChI=1S/C72H80B2N8O6Si.C2HF3O2/c1-48(2)68(83)26-17-18-38-80(43-52-20-11-15-24-65(52)73(85)86)46-64-58-23-14-13-22-57(58)63(45-81(39-19-37-75-72(84)49(3)4)44-53-21-12-16-25-66(53)74(87)88)59-34-29-51(40-62(59)64)67-47-82(77-76-67)54-30-27-50(28-31-54)71-60-35-32-55(78(5)6)41-69(60)89(9,10)70-42-56(79(7)8)33-36-61(70)71;3-2(4,5)1(6)7/h11-16,20-25,27-36,40-42,47,85-88H,1,3,17-19,26,37-39,43-46H2,2,4-10H3;(H,6,7). The molecular formula is C74H81B2F3N8O8Si. The van der Waals surface area contributed by atoms with Crippen LogP contribution in [0.15, 0.2) is 193 Å². The number of alkyl halides is 3. The van der Waals surface area contributed by atoms with Crippen LogP contribution in [-0.2, 0) is 40.6 Å². The summed E-state index contributed by atoms with van der Waals surface area (Å²) >= 11 is 0.